The smallest absolute Gasteiger partial charge is 0.251 e. The molecule has 1 amide bonds. The van der Waals surface area contributed by atoms with E-state index in [2.05, 4.69) is 15.6 Å². The summed E-state index contributed by atoms with van der Waals surface area (Å²) in [5.74, 6) is 0.638. The molecule has 0 aliphatic carbocycles. The molecule has 0 bridgehead atoms. The minimum Gasteiger partial charge on any atom is -0.370 e. The lowest BCUT2D eigenvalue weighted by Crippen LogP contribution is -2.26. The number of nitrogens with one attached hydrogen (secondary N) is 2. The Morgan fingerprint density at radius 1 is 1.47 bits per heavy atom. The van der Waals surface area contributed by atoms with Crippen LogP contribution in [0.3, 0.4) is 0 Å². The number of carbonyl (C=O) groups is 1. The van der Waals surface area contributed by atoms with Gasteiger partial charge in [0.05, 0.1) is 6.04 Å². The van der Waals surface area contributed by atoms with E-state index in [1.807, 2.05) is 30.7 Å². The normalized spacial score (nSPS) is 11.9. The summed E-state index contributed by atoms with van der Waals surface area (Å²) >= 11 is 1.63. The third-order valence-electron chi connectivity index (χ3n) is 2.77. The molecule has 2 rings (SSSR count). The molecule has 0 spiro atoms. The van der Waals surface area contributed by atoms with Gasteiger partial charge < -0.3 is 10.6 Å². The SMILES string of the molecule is CCNc1cc(C(=O)NC(C)c2ccsc2)ccn1. The number of aromatic nitrogens is 1. The summed E-state index contributed by atoms with van der Waals surface area (Å²) in [5.41, 5.74) is 1.74. The first-order valence-electron chi connectivity index (χ1n) is 6.23. The van der Waals surface area contributed by atoms with Crippen LogP contribution in [-0.4, -0.2) is 17.4 Å². The number of amides is 1. The number of nitrogens with zero attached hydrogens (tertiary/aromatic N) is 1. The van der Waals surface area contributed by atoms with Crippen LogP contribution < -0.4 is 10.6 Å². The second-order valence-electron chi connectivity index (χ2n) is 4.21. The number of rotatable bonds is 5. The van der Waals surface area contributed by atoms with E-state index in [9.17, 15) is 4.79 Å². The minimum atomic E-state index is -0.0831. The van der Waals surface area contributed by atoms with Crippen molar-refractivity contribution in [3.8, 4) is 0 Å². The highest BCUT2D eigenvalue weighted by Gasteiger charge is 2.12. The Balaban J connectivity index is 2.05. The standard InChI is InChI=1S/C14H17N3OS/c1-3-15-13-8-11(4-6-16-13)14(18)17-10(2)12-5-7-19-9-12/h4-10H,3H2,1-2H3,(H,15,16)(H,17,18). The van der Waals surface area contributed by atoms with Gasteiger partial charge in [-0.05, 0) is 48.4 Å². The summed E-state index contributed by atoms with van der Waals surface area (Å²) in [6.07, 6.45) is 1.64. The van der Waals surface area contributed by atoms with Crippen molar-refractivity contribution in [2.45, 2.75) is 19.9 Å². The van der Waals surface area contributed by atoms with Gasteiger partial charge in [-0.2, -0.15) is 11.3 Å². The lowest BCUT2D eigenvalue weighted by Gasteiger charge is -2.13. The third kappa shape index (κ3) is 3.54. The Bertz CT molecular complexity index is 539. The maximum atomic E-state index is 12.1. The van der Waals surface area contributed by atoms with Crippen LogP contribution in [-0.2, 0) is 0 Å². The molecule has 0 saturated carbocycles. The number of hydrogen-bond donors (Lipinski definition) is 2. The molecule has 0 aliphatic rings. The average Bonchev–Trinajstić information content (AvgIpc) is 2.93. The van der Waals surface area contributed by atoms with E-state index < -0.39 is 0 Å². The summed E-state index contributed by atoms with van der Waals surface area (Å²) in [7, 11) is 0. The Hall–Kier alpha value is -1.88. The Morgan fingerprint density at radius 3 is 3.00 bits per heavy atom. The molecule has 2 aromatic rings. The molecule has 0 saturated heterocycles. The topological polar surface area (TPSA) is 54.0 Å². The number of thiophene rings is 1. The summed E-state index contributed by atoms with van der Waals surface area (Å²) in [5, 5.41) is 10.1. The molecule has 19 heavy (non-hydrogen) atoms. The first kappa shape index (κ1) is 13.5. The summed E-state index contributed by atoms with van der Waals surface area (Å²) in [4.78, 5) is 16.3. The van der Waals surface area contributed by atoms with E-state index in [1.54, 1.807) is 29.7 Å². The maximum absolute atomic E-state index is 12.1. The van der Waals surface area contributed by atoms with E-state index in [1.165, 1.54) is 0 Å². The van der Waals surface area contributed by atoms with Crippen molar-refractivity contribution in [1.82, 2.24) is 10.3 Å². The van der Waals surface area contributed by atoms with Gasteiger partial charge in [-0.25, -0.2) is 4.98 Å². The molecule has 0 radical (unpaired) electrons. The first-order chi connectivity index (χ1) is 9.20. The summed E-state index contributed by atoms with van der Waals surface area (Å²) in [6, 6.07) is 5.51. The van der Waals surface area contributed by atoms with Gasteiger partial charge in [0.2, 0.25) is 0 Å². The highest BCUT2D eigenvalue weighted by atomic mass is 32.1. The molecular formula is C14H17N3OS. The maximum Gasteiger partial charge on any atom is 0.251 e. The van der Waals surface area contributed by atoms with Crippen LogP contribution in [0, 0.1) is 0 Å². The van der Waals surface area contributed by atoms with Crippen molar-refractivity contribution in [3.05, 3.63) is 46.3 Å². The van der Waals surface area contributed by atoms with Crippen LogP contribution in [0.15, 0.2) is 35.2 Å². The van der Waals surface area contributed by atoms with E-state index in [0.29, 0.717) is 5.56 Å². The number of carbonyl (C=O) groups excluding carboxylic acids is 1. The first-order valence-corrected chi connectivity index (χ1v) is 7.18. The van der Waals surface area contributed by atoms with Gasteiger partial charge in [0.1, 0.15) is 5.82 Å². The van der Waals surface area contributed by atoms with Crippen molar-refractivity contribution < 1.29 is 4.79 Å². The minimum absolute atomic E-state index is 0.00880. The van der Waals surface area contributed by atoms with Crippen LogP contribution in [0.25, 0.3) is 0 Å². The summed E-state index contributed by atoms with van der Waals surface area (Å²) in [6.45, 7) is 4.75. The molecule has 2 N–H and O–H groups in total. The highest BCUT2D eigenvalue weighted by Crippen LogP contribution is 2.16. The van der Waals surface area contributed by atoms with Crippen molar-refractivity contribution in [1.29, 1.82) is 0 Å². The fourth-order valence-electron chi connectivity index (χ4n) is 1.73. The van der Waals surface area contributed by atoms with Gasteiger partial charge in [0, 0.05) is 18.3 Å². The van der Waals surface area contributed by atoms with Gasteiger partial charge in [0.15, 0.2) is 0 Å². The van der Waals surface area contributed by atoms with Crippen molar-refractivity contribution in [2.24, 2.45) is 0 Å². The van der Waals surface area contributed by atoms with Gasteiger partial charge in [-0.3, -0.25) is 4.79 Å². The van der Waals surface area contributed by atoms with Crippen molar-refractivity contribution >= 4 is 23.1 Å². The predicted molar refractivity (Wildman–Crippen MR) is 78.6 cm³/mol. The lowest BCUT2D eigenvalue weighted by atomic mass is 10.1. The Labute approximate surface area is 116 Å². The Morgan fingerprint density at radius 2 is 2.32 bits per heavy atom. The van der Waals surface area contributed by atoms with Crippen LogP contribution in [0.1, 0.15) is 35.8 Å². The average molecular weight is 275 g/mol. The van der Waals surface area contributed by atoms with Crippen LogP contribution >= 0.6 is 11.3 Å². The molecule has 4 nitrogen and oxygen atoms in total. The largest absolute Gasteiger partial charge is 0.370 e. The van der Waals surface area contributed by atoms with Crippen molar-refractivity contribution in [2.75, 3.05) is 11.9 Å². The lowest BCUT2D eigenvalue weighted by molar-refractivity contribution is 0.0940. The molecule has 0 fully saturated rings. The highest BCUT2D eigenvalue weighted by molar-refractivity contribution is 7.07. The molecule has 0 aromatic carbocycles. The van der Waals surface area contributed by atoms with E-state index in [-0.39, 0.29) is 11.9 Å². The Kier molecular flexibility index (Phi) is 4.52. The monoisotopic (exact) mass is 275 g/mol. The molecular weight excluding hydrogens is 258 g/mol. The van der Waals surface area contributed by atoms with Gasteiger partial charge in [0.25, 0.3) is 5.91 Å². The summed E-state index contributed by atoms with van der Waals surface area (Å²) < 4.78 is 0. The zero-order valence-corrected chi connectivity index (χ0v) is 11.8. The third-order valence-corrected chi connectivity index (χ3v) is 3.47. The molecule has 1 unspecified atom stereocenters. The molecule has 0 aliphatic heterocycles. The zero-order chi connectivity index (χ0) is 13.7. The van der Waals surface area contributed by atoms with Crippen molar-refractivity contribution in [3.63, 3.8) is 0 Å². The number of hydrogen-bond acceptors (Lipinski definition) is 4. The quantitative estimate of drug-likeness (QED) is 0.881. The zero-order valence-electron chi connectivity index (χ0n) is 11.0. The molecule has 2 aromatic heterocycles. The van der Waals surface area contributed by atoms with Crippen LogP contribution in [0.2, 0.25) is 0 Å². The predicted octanol–water partition coefficient (Wildman–Crippen LogP) is 3.07. The molecule has 100 valence electrons. The molecule has 2 heterocycles. The second-order valence-corrected chi connectivity index (χ2v) is 4.99. The van der Waals surface area contributed by atoms with E-state index in [0.717, 1.165) is 17.9 Å². The molecule has 1 atom stereocenters. The van der Waals surface area contributed by atoms with E-state index in [4.69, 9.17) is 0 Å². The van der Waals surface area contributed by atoms with Crippen LogP contribution in [0.4, 0.5) is 5.82 Å². The fourth-order valence-corrected chi connectivity index (χ4v) is 2.49. The van der Waals surface area contributed by atoms with Gasteiger partial charge in [-0.1, -0.05) is 0 Å². The fraction of sp³-hybridized carbons (Fsp3) is 0.286. The second kappa shape index (κ2) is 6.33. The van der Waals surface area contributed by atoms with Crippen LogP contribution in [0.5, 0.6) is 0 Å². The number of anilines is 1. The molecule has 5 heteroatoms. The van der Waals surface area contributed by atoms with Gasteiger partial charge >= 0.3 is 0 Å². The van der Waals surface area contributed by atoms with E-state index >= 15 is 0 Å². The number of pyridine rings is 1. The van der Waals surface area contributed by atoms with Gasteiger partial charge in [-0.15, -0.1) is 0 Å².